The van der Waals surface area contributed by atoms with E-state index in [1.54, 1.807) is 12.4 Å². The number of carbonyl (C=O) groups is 1. The van der Waals surface area contributed by atoms with Gasteiger partial charge in [0.15, 0.2) is 5.82 Å². The maximum Gasteiger partial charge on any atom is 0.257 e. The summed E-state index contributed by atoms with van der Waals surface area (Å²) < 4.78 is 0. The molecule has 3 heterocycles. The monoisotopic (exact) mass is 348 g/mol. The number of rotatable bonds is 3. The van der Waals surface area contributed by atoms with Crippen LogP contribution in [0.1, 0.15) is 16.8 Å². The van der Waals surface area contributed by atoms with E-state index in [-0.39, 0.29) is 5.91 Å². The first-order valence-corrected chi connectivity index (χ1v) is 8.73. The molecule has 1 aromatic carbocycles. The quantitative estimate of drug-likeness (QED) is 0.785. The van der Waals surface area contributed by atoms with Crippen molar-refractivity contribution in [1.82, 2.24) is 25.3 Å². The van der Waals surface area contributed by atoms with E-state index in [0.717, 1.165) is 43.1 Å². The molecule has 1 N–H and O–H groups in total. The van der Waals surface area contributed by atoms with Gasteiger partial charge in [0.05, 0.1) is 17.5 Å². The fraction of sp³-hybridized carbons (Fsp3) is 0.263. The van der Waals surface area contributed by atoms with Crippen LogP contribution in [-0.4, -0.2) is 57.4 Å². The molecule has 1 saturated heterocycles. The van der Waals surface area contributed by atoms with Crippen molar-refractivity contribution in [2.24, 2.45) is 0 Å². The van der Waals surface area contributed by atoms with Gasteiger partial charge in [-0.3, -0.25) is 9.89 Å². The third-order valence-corrected chi connectivity index (χ3v) is 4.60. The summed E-state index contributed by atoms with van der Waals surface area (Å²) in [5.41, 5.74) is 2.35. The summed E-state index contributed by atoms with van der Waals surface area (Å²) in [6.45, 7) is 2.96. The number of carbonyl (C=O) groups excluding carboxylic acids is 1. The average molecular weight is 348 g/mol. The van der Waals surface area contributed by atoms with Crippen molar-refractivity contribution in [3.8, 4) is 11.3 Å². The van der Waals surface area contributed by atoms with Gasteiger partial charge in [-0.2, -0.15) is 10.2 Å². The molecule has 0 radical (unpaired) electrons. The fourth-order valence-corrected chi connectivity index (χ4v) is 3.26. The van der Waals surface area contributed by atoms with Crippen molar-refractivity contribution in [3.05, 3.63) is 60.4 Å². The number of nitrogens with one attached hydrogen (secondary N) is 1. The van der Waals surface area contributed by atoms with E-state index in [2.05, 4.69) is 25.3 Å². The van der Waals surface area contributed by atoms with Gasteiger partial charge in [-0.1, -0.05) is 30.3 Å². The Balaban J connectivity index is 1.51. The smallest absolute Gasteiger partial charge is 0.257 e. The lowest BCUT2D eigenvalue weighted by molar-refractivity contribution is 0.0768. The van der Waals surface area contributed by atoms with Gasteiger partial charge in [0, 0.05) is 37.9 Å². The van der Waals surface area contributed by atoms with E-state index in [0.29, 0.717) is 12.1 Å². The fourth-order valence-electron chi connectivity index (χ4n) is 3.26. The van der Waals surface area contributed by atoms with E-state index in [1.807, 2.05) is 47.4 Å². The Morgan fingerprint density at radius 2 is 1.88 bits per heavy atom. The zero-order valence-corrected chi connectivity index (χ0v) is 14.4. The van der Waals surface area contributed by atoms with Crippen LogP contribution in [0.2, 0.25) is 0 Å². The largest absolute Gasteiger partial charge is 0.353 e. The first-order chi connectivity index (χ1) is 12.8. The van der Waals surface area contributed by atoms with Gasteiger partial charge in [-0.25, -0.2) is 0 Å². The highest BCUT2D eigenvalue weighted by Gasteiger charge is 2.24. The molecular formula is C19H20N6O. The molecule has 132 valence electrons. The van der Waals surface area contributed by atoms with Crippen LogP contribution in [0.4, 0.5) is 5.82 Å². The molecule has 1 amide bonds. The summed E-state index contributed by atoms with van der Waals surface area (Å²) in [5, 5.41) is 15.2. The summed E-state index contributed by atoms with van der Waals surface area (Å²) >= 11 is 0. The van der Waals surface area contributed by atoms with Gasteiger partial charge in [-0.15, -0.1) is 5.10 Å². The van der Waals surface area contributed by atoms with E-state index in [9.17, 15) is 4.79 Å². The van der Waals surface area contributed by atoms with Crippen LogP contribution in [0.25, 0.3) is 11.3 Å². The highest BCUT2D eigenvalue weighted by molar-refractivity contribution is 5.99. The number of anilines is 1. The molecule has 1 aliphatic rings. The topological polar surface area (TPSA) is 78.0 Å². The second-order valence-electron chi connectivity index (χ2n) is 6.24. The maximum absolute atomic E-state index is 13.1. The van der Waals surface area contributed by atoms with Crippen LogP contribution in [0.5, 0.6) is 0 Å². The van der Waals surface area contributed by atoms with Crippen LogP contribution >= 0.6 is 0 Å². The van der Waals surface area contributed by atoms with E-state index >= 15 is 0 Å². The standard InChI is InChI=1S/C19H20N6O/c26-19(16-14-21-23-18(16)15-6-2-1-3-7-15)25-11-5-10-24(12-13-25)17-8-4-9-20-22-17/h1-4,6-9,14H,5,10-13H2,(H,21,23). The number of amides is 1. The van der Waals surface area contributed by atoms with Crippen LogP contribution < -0.4 is 4.90 Å². The van der Waals surface area contributed by atoms with Crippen molar-refractivity contribution < 1.29 is 4.79 Å². The van der Waals surface area contributed by atoms with Gasteiger partial charge in [0.1, 0.15) is 0 Å². The predicted octanol–water partition coefficient (Wildman–Crippen LogP) is 2.22. The molecule has 1 fully saturated rings. The molecule has 0 saturated carbocycles. The SMILES string of the molecule is O=C(c1cn[nH]c1-c1ccccc1)N1CCCN(c2cccnn2)CC1. The molecule has 3 aromatic rings. The minimum Gasteiger partial charge on any atom is -0.353 e. The first kappa shape index (κ1) is 16.3. The van der Waals surface area contributed by atoms with Crippen LogP contribution in [0, 0.1) is 0 Å². The zero-order valence-electron chi connectivity index (χ0n) is 14.4. The number of aromatic amines is 1. The van der Waals surface area contributed by atoms with Crippen molar-refractivity contribution >= 4 is 11.7 Å². The molecule has 1 aliphatic heterocycles. The molecule has 7 heteroatoms. The Labute approximate surface area is 151 Å². The van der Waals surface area contributed by atoms with Crippen molar-refractivity contribution in [2.75, 3.05) is 31.1 Å². The summed E-state index contributed by atoms with van der Waals surface area (Å²) in [5.74, 6) is 0.869. The number of hydrogen-bond donors (Lipinski definition) is 1. The Hall–Kier alpha value is -3.22. The zero-order chi connectivity index (χ0) is 17.8. The Morgan fingerprint density at radius 1 is 1.00 bits per heavy atom. The molecule has 0 spiro atoms. The van der Waals surface area contributed by atoms with Crippen molar-refractivity contribution in [1.29, 1.82) is 0 Å². The highest BCUT2D eigenvalue weighted by atomic mass is 16.2. The lowest BCUT2D eigenvalue weighted by atomic mass is 10.1. The number of aromatic nitrogens is 4. The highest BCUT2D eigenvalue weighted by Crippen LogP contribution is 2.23. The molecule has 7 nitrogen and oxygen atoms in total. The number of hydrogen-bond acceptors (Lipinski definition) is 5. The van der Waals surface area contributed by atoms with Crippen molar-refractivity contribution in [2.45, 2.75) is 6.42 Å². The van der Waals surface area contributed by atoms with E-state index < -0.39 is 0 Å². The van der Waals surface area contributed by atoms with Gasteiger partial charge < -0.3 is 9.80 Å². The lowest BCUT2D eigenvalue weighted by Crippen LogP contribution is -2.35. The van der Waals surface area contributed by atoms with Gasteiger partial charge in [0.2, 0.25) is 0 Å². The maximum atomic E-state index is 13.1. The van der Waals surface area contributed by atoms with Crippen LogP contribution in [-0.2, 0) is 0 Å². The molecule has 0 atom stereocenters. The van der Waals surface area contributed by atoms with Crippen LogP contribution in [0.15, 0.2) is 54.9 Å². The van der Waals surface area contributed by atoms with Gasteiger partial charge in [0.25, 0.3) is 5.91 Å². The minimum absolute atomic E-state index is 0.0126. The third kappa shape index (κ3) is 3.28. The second kappa shape index (κ2) is 7.35. The number of nitrogens with zero attached hydrogens (tertiary/aromatic N) is 5. The second-order valence-corrected chi connectivity index (χ2v) is 6.24. The molecule has 0 bridgehead atoms. The molecule has 26 heavy (non-hydrogen) atoms. The summed E-state index contributed by atoms with van der Waals surface area (Å²) in [4.78, 5) is 17.1. The molecule has 0 unspecified atom stereocenters. The summed E-state index contributed by atoms with van der Waals surface area (Å²) in [6.07, 6.45) is 4.18. The summed E-state index contributed by atoms with van der Waals surface area (Å²) in [6, 6.07) is 13.6. The molecule has 2 aromatic heterocycles. The van der Waals surface area contributed by atoms with Gasteiger partial charge in [-0.05, 0) is 18.6 Å². The Morgan fingerprint density at radius 3 is 2.69 bits per heavy atom. The minimum atomic E-state index is 0.0126. The normalized spacial score (nSPS) is 14.9. The van der Waals surface area contributed by atoms with Crippen molar-refractivity contribution in [3.63, 3.8) is 0 Å². The molecular weight excluding hydrogens is 328 g/mol. The van der Waals surface area contributed by atoms with Gasteiger partial charge >= 0.3 is 0 Å². The molecule has 4 rings (SSSR count). The number of H-pyrrole nitrogens is 1. The third-order valence-electron chi connectivity index (χ3n) is 4.60. The Bertz CT molecular complexity index is 864. The first-order valence-electron chi connectivity index (χ1n) is 8.73. The lowest BCUT2D eigenvalue weighted by Gasteiger charge is -2.22. The van der Waals surface area contributed by atoms with Crippen LogP contribution in [0.3, 0.4) is 0 Å². The Kier molecular flexibility index (Phi) is 4.59. The van der Waals surface area contributed by atoms with E-state index in [1.165, 1.54) is 0 Å². The van der Waals surface area contributed by atoms with E-state index in [4.69, 9.17) is 0 Å². The molecule has 0 aliphatic carbocycles. The predicted molar refractivity (Wildman–Crippen MR) is 98.8 cm³/mol. The number of benzene rings is 1. The summed E-state index contributed by atoms with van der Waals surface area (Å²) in [7, 11) is 0. The average Bonchev–Trinajstić information content (AvgIpc) is 3.06.